The van der Waals surface area contributed by atoms with Gasteiger partial charge in [0.15, 0.2) is 12.0 Å². The van der Waals surface area contributed by atoms with Crippen LogP contribution in [0.1, 0.15) is 50.7 Å². The van der Waals surface area contributed by atoms with Crippen LogP contribution in [-0.4, -0.2) is 12.0 Å². The van der Waals surface area contributed by atoms with Crippen LogP contribution in [0.15, 0.2) is 60.7 Å². The Morgan fingerprint density at radius 1 is 0.955 bits per heavy atom. The number of hydrogen-bond acceptors (Lipinski definition) is 1. The van der Waals surface area contributed by atoms with E-state index in [4.69, 9.17) is 0 Å². The number of ketones is 1. The highest BCUT2D eigenvalue weighted by molar-refractivity contribution is 5.79. The summed E-state index contributed by atoms with van der Waals surface area (Å²) in [4.78, 5) is 9.77. The molecule has 2 aromatic rings. The summed E-state index contributed by atoms with van der Waals surface area (Å²) >= 11 is 0. The van der Waals surface area contributed by atoms with Crippen LogP contribution >= 0.6 is 0 Å². The number of rotatable bonds is 5. The Kier molecular flexibility index (Phi) is 8.13. The number of alkyl halides is 1. The van der Waals surface area contributed by atoms with Crippen molar-refractivity contribution in [2.45, 2.75) is 45.7 Å². The van der Waals surface area contributed by atoms with Gasteiger partial charge >= 0.3 is 0 Å². The largest absolute Gasteiger partial charge is 0.297 e. The van der Waals surface area contributed by atoms with E-state index in [-0.39, 0.29) is 0 Å². The first kappa shape index (κ1) is 18.1. The number of benzene rings is 2. The highest BCUT2D eigenvalue weighted by Gasteiger charge is 2.11. The highest BCUT2D eigenvalue weighted by atomic mass is 19.1. The summed E-state index contributed by atoms with van der Waals surface area (Å²) in [7, 11) is 0. The van der Waals surface area contributed by atoms with Gasteiger partial charge in [0.2, 0.25) is 0 Å². The van der Waals surface area contributed by atoms with Gasteiger partial charge in [0.25, 0.3) is 0 Å². The SMILES string of the molecule is CC(=O)C(C)F.CCCC(c1ccccc1)c1ccccc1. The molecule has 2 rings (SSSR count). The first-order valence-electron chi connectivity index (χ1n) is 7.80. The van der Waals surface area contributed by atoms with Gasteiger partial charge in [-0.05, 0) is 31.4 Å². The number of carbonyl (C=O) groups excluding carboxylic acids is 1. The van der Waals surface area contributed by atoms with Crippen molar-refractivity contribution in [1.82, 2.24) is 0 Å². The van der Waals surface area contributed by atoms with Crippen LogP contribution in [0.5, 0.6) is 0 Å². The zero-order chi connectivity index (χ0) is 16.4. The van der Waals surface area contributed by atoms with E-state index in [1.807, 2.05) is 0 Å². The van der Waals surface area contributed by atoms with E-state index < -0.39 is 12.0 Å². The summed E-state index contributed by atoms with van der Waals surface area (Å²) < 4.78 is 11.5. The minimum absolute atomic E-state index is 0.407. The Morgan fingerprint density at radius 3 is 1.59 bits per heavy atom. The fraction of sp³-hybridized carbons (Fsp3) is 0.350. The molecule has 1 nitrogen and oxygen atoms in total. The van der Waals surface area contributed by atoms with Gasteiger partial charge in [-0.1, -0.05) is 74.0 Å². The molecule has 0 spiro atoms. The first-order valence-corrected chi connectivity index (χ1v) is 7.80. The molecule has 0 N–H and O–H groups in total. The molecule has 0 saturated carbocycles. The molecule has 1 atom stereocenters. The van der Waals surface area contributed by atoms with Crippen molar-refractivity contribution in [3.63, 3.8) is 0 Å². The summed E-state index contributed by atoms with van der Waals surface area (Å²) in [6, 6.07) is 21.6. The molecule has 2 aromatic carbocycles. The van der Waals surface area contributed by atoms with Crippen LogP contribution < -0.4 is 0 Å². The van der Waals surface area contributed by atoms with E-state index in [0.29, 0.717) is 5.92 Å². The van der Waals surface area contributed by atoms with Gasteiger partial charge in [-0.2, -0.15) is 0 Å². The number of hydrogen-bond donors (Lipinski definition) is 0. The molecule has 0 aromatic heterocycles. The number of carbonyl (C=O) groups is 1. The standard InChI is InChI=1S/C16H18.C4H7FO/c1-2-9-16(14-10-5-3-6-11-14)15-12-7-4-8-13-15;1-3(5)4(2)6/h3-8,10-13,16H,2,9H2,1H3;3H,1-2H3. The van der Waals surface area contributed by atoms with E-state index in [2.05, 4.69) is 67.6 Å². The zero-order valence-corrected chi connectivity index (χ0v) is 13.6. The molecule has 118 valence electrons. The third kappa shape index (κ3) is 6.21. The lowest BCUT2D eigenvalue weighted by Crippen LogP contribution is -2.04. The van der Waals surface area contributed by atoms with Crippen molar-refractivity contribution in [2.75, 3.05) is 0 Å². The van der Waals surface area contributed by atoms with Gasteiger partial charge in [-0.25, -0.2) is 4.39 Å². The predicted molar refractivity (Wildman–Crippen MR) is 90.9 cm³/mol. The van der Waals surface area contributed by atoms with Gasteiger partial charge in [0.1, 0.15) is 0 Å². The lowest BCUT2D eigenvalue weighted by atomic mass is 9.88. The summed E-state index contributed by atoms with van der Waals surface area (Å²) in [6.07, 6.45) is 1.15. The monoisotopic (exact) mass is 300 g/mol. The van der Waals surface area contributed by atoms with Crippen LogP contribution in [0.2, 0.25) is 0 Å². The van der Waals surface area contributed by atoms with Crippen LogP contribution in [0.25, 0.3) is 0 Å². The quantitative estimate of drug-likeness (QED) is 0.707. The van der Waals surface area contributed by atoms with Crippen molar-refractivity contribution in [1.29, 1.82) is 0 Å². The Morgan fingerprint density at radius 2 is 1.32 bits per heavy atom. The normalized spacial score (nSPS) is 11.5. The maximum Gasteiger partial charge on any atom is 0.163 e. The van der Waals surface area contributed by atoms with Crippen LogP contribution in [-0.2, 0) is 4.79 Å². The molecule has 22 heavy (non-hydrogen) atoms. The van der Waals surface area contributed by atoms with E-state index in [1.165, 1.54) is 37.8 Å². The van der Waals surface area contributed by atoms with Crippen LogP contribution in [0.4, 0.5) is 4.39 Å². The predicted octanol–water partition coefficient (Wildman–Crippen LogP) is 5.55. The Balaban J connectivity index is 0.000000346. The van der Waals surface area contributed by atoms with E-state index in [0.717, 1.165) is 0 Å². The highest BCUT2D eigenvalue weighted by Crippen LogP contribution is 2.28. The molecule has 0 aliphatic heterocycles. The van der Waals surface area contributed by atoms with Crippen molar-refractivity contribution in [3.8, 4) is 0 Å². The van der Waals surface area contributed by atoms with Gasteiger partial charge in [-0.15, -0.1) is 0 Å². The Bertz CT molecular complexity index is 495. The maximum atomic E-state index is 11.5. The summed E-state index contributed by atoms with van der Waals surface area (Å²) in [5.74, 6) is 0.141. The number of halogens is 1. The third-order valence-corrected chi connectivity index (χ3v) is 3.54. The second kappa shape index (κ2) is 9.88. The number of Topliss-reactive ketones (excluding diaryl/α,β-unsaturated/α-hetero) is 1. The second-order valence-corrected chi connectivity index (χ2v) is 5.39. The molecule has 0 bridgehead atoms. The third-order valence-electron chi connectivity index (χ3n) is 3.54. The first-order chi connectivity index (χ1) is 10.6. The fourth-order valence-electron chi connectivity index (χ4n) is 2.19. The average molecular weight is 300 g/mol. The lowest BCUT2D eigenvalue weighted by molar-refractivity contribution is -0.121. The van der Waals surface area contributed by atoms with Gasteiger partial charge in [0.05, 0.1) is 0 Å². The molecule has 0 heterocycles. The fourth-order valence-corrected chi connectivity index (χ4v) is 2.19. The summed E-state index contributed by atoms with van der Waals surface area (Å²) in [6.45, 7) is 4.70. The van der Waals surface area contributed by atoms with Crippen LogP contribution in [0, 0.1) is 0 Å². The van der Waals surface area contributed by atoms with Crippen molar-refractivity contribution in [3.05, 3.63) is 71.8 Å². The van der Waals surface area contributed by atoms with Gasteiger partial charge in [0, 0.05) is 5.92 Å². The molecule has 2 heteroatoms. The molecule has 1 unspecified atom stereocenters. The van der Waals surface area contributed by atoms with E-state index in [9.17, 15) is 9.18 Å². The Labute approximate surface area is 133 Å². The maximum absolute atomic E-state index is 11.5. The van der Waals surface area contributed by atoms with Crippen molar-refractivity contribution < 1.29 is 9.18 Å². The molecule has 0 aliphatic carbocycles. The molecular weight excluding hydrogens is 275 g/mol. The van der Waals surface area contributed by atoms with E-state index >= 15 is 0 Å². The van der Waals surface area contributed by atoms with Crippen LogP contribution in [0.3, 0.4) is 0 Å². The smallest absolute Gasteiger partial charge is 0.163 e. The molecule has 0 radical (unpaired) electrons. The molecular formula is C20H25FO. The second-order valence-electron chi connectivity index (χ2n) is 5.39. The topological polar surface area (TPSA) is 17.1 Å². The molecule has 0 fully saturated rings. The molecule has 0 aliphatic rings. The van der Waals surface area contributed by atoms with Crippen molar-refractivity contribution >= 4 is 5.78 Å². The van der Waals surface area contributed by atoms with Gasteiger partial charge in [-0.3, -0.25) is 4.79 Å². The van der Waals surface area contributed by atoms with Crippen molar-refractivity contribution in [2.24, 2.45) is 0 Å². The minimum atomic E-state index is -1.29. The molecule has 0 amide bonds. The average Bonchev–Trinajstić information content (AvgIpc) is 2.55. The summed E-state index contributed by atoms with van der Waals surface area (Å²) in [5, 5.41) is 0. The Hall–Kier alpha value is -1.96. The lowest BCUT2D eigenvalue weighted by Gasteiger charge is -2.17. The summed E-state index contributed by atoms with van der Waals surface area (Å²) in [5.41, 5.74) is 2.85. The zero-order valence-electron chi connectivity index (χ0n) is 13.6. The van der Waals surface area contributed by atoms with Gasteiger partial charge < -0.3 is 0 Å². The minimum Gasteiger partial charge on any atom is -0.297 e. The van der Waals surface area contributed by atoms with E-state index in [1.54, 1.807) is 0 Å². The molecule has 0 saturated heterocycles.